The lowest BCUT2D eigenvalue weighted by Gasteiger charge is -2.32. The summed E-state index contributed by atoms with van der Waals surface area (Å²) in [6.07, 6.45) is -0.0702. The number of carbonyl (C=O) groups excluding carboxylic acids is 2. The molecule has 0 fully saturated rings. The van der Waals surface area contributed by atoms with Gasteiger partial charge in [0.25, 0.3) is 0 Å². The molecule has 2 aliphatic rings. The number of esters is 2. The molecule has 0 saturated carbocycles. The third kappa shape index (κ3) is 4.07. The average Bonchev–Trinajstić information content (AvgIpc) is 2.66. The summed E-state index contributed by atoms with van der Waals surface area (Å²) >= 11 is 0. The lowest BCUT2D eigenvalue weighted by Crippen LogP contribution is -2.39. The number of hydrogen-bond acceptors (Lipinski definition) is 7. The Kier molecular flexibility index (Phi) is 6.38. The number of aliphatic carboxylic acids is 4. The fourth-order valence-electron chi connectivity index (χ4n) is 4.18. The second kappa shape index (κ2) is 8.32. The molecule has 168 valence electrons. The predicted octanol–water partition coefficient (Wildman–Crippen LogP) is 1.37. The molecule has 2 atom stereocenters. The van der Waals surface area contributed by atoms with Crippen molar-refractivity contribution in [2.45, 2.75) is 52.4 Å². The first-order valence-electron chi connectivity index (χ1n) is 9.44. The molecular formula is C20H22O11. The van der Waals surface area contributed by atoms with Crippen molar-refractivity contribution in [1.82, 2.24) is 0 Å². The highest BCUT2D eigenvalue weighted by molar-refractivity contribution is 6.11. The van der Waals surface area contributed by atoms with Gasteiger partial charge in [0.1, 0.15) is 0 Å². The van der Waals surface area contributed by atoms with Gasteiger partial charge in [-0.3, -0.25) is 9.59 Å². The molecule has 0 saturated heterocycles. The Labute approximate surface area is 176 Å². The van der Waals surface area contributed by atoms with Gasteiger partial charge < -0.3 is 25.2 Å². The van der Waals surface area contributed by atoms with Crippen molar-refractivity contribution in [2.75, 3.05) is 0 Å². The van der Waals surface area contributed by atoms with Crippen LogP contribution in [0.1, 0.15) is 52.4 Å². The Morgan fingerprint density at radius 1 is 0.677 bits per heavy atom. The number of carboxylic acid groups (broad SMARTS) is 4. The molecule has 0 aliphatic heterocycles. The minimum atomic E-state index is -1.88. The summed E-state index contributed by atoms with van der Waals surface area (Å²) in [7, 11) is 0. The maximum atomic E-state index is 12.6. The molecule has 2 unspecified atom stereocenters. The summed E-state index contributed by atoms with van der Waals surface area (Å²) in [5.74, 6) is -9.00. The molecular weight excluding hydrogens is 416 g/mol. The highest BCUT2D eigenvalue weighted by Gasteiger charge is 2.48. The zero-order valence-electron chi connectivity index (χ0n) is 16.9. The van der Waals surface area contributed by atoms with Gasteiger partial charge in [-0.2, -0.15) is 0 Å². The monoisotopic (exact) mass is 438 g/mol. The summed E-state index contributed by atoms with van der Waals surface area (Å²) in [6, 6.07) is 0. The summed E-state index contributed by atoms with van der Waals surface area (Å²) < 4.78 is 4.73. The van der Waals surface area contributed by atoms with E-state index in [0.717, 1.165) is 13.8 Å². The van der Waals surface area contributed by atoms with Crippen LogP contribution in [0.2, 0.25) is 0 Å². The SMILES string of the molecule is CC1(C(=O)O)CCCC(C(=O)OC(=O)C2=C(C(=O)O)C(C)(C(=O)O)CCC2)=C1C(=O)O. The van der Waals surface area contributed by atoms with Gasteiger partial charge in [0.05, 0.1) is 22.0 Å². The lowest BCUT2D eigenvalue weighted by molar-refractivity contribution is -0.156. The fraction of sp³-hybridized carbons (Fsp3) is 0.500. The van der Waals surface area contributed by atoms with Gasteiger partial charge >= 0.3 is 35.8 Å². The predicted molar refractivity (Wildman–Crippen MR) is 99.6 cm³/mol. The lowest BCUT2D eigenvalue weighted by atomic mass is 9.70. The van der Waals surface area contributed by atoms with E-state index in [9.17, 15) is 49.2 Å². The summed E-state index contributed by atoms with van der Waals surface area (Å²) in [4.78, 5) is 71.9. The molecule has 0 heterocycles. The Morgan fingerprint density at radius 3 is 1.26 bits per heavy atom. The van der Waals surface area contributed by atoms with E-state index in [1.54, 1.807) is 0 Å². The fourth-order valence-corrected chi connectivity index (χ4v) is 4.18. The van der Waals surface area contributed by atoms with E-state index in [1.807, 2.05) is 0 Å². The van der Waals surface area contributed by atoms with Gasteiger partial charge in [0, 0.05) is 11.1 Å². The molecule has 4 N–H and O–H groups in total. The maximum absolute atomic E-state index is 12.6. The van der Waals surface area contributed by atoms with Crippen LogP contribution in [0.5, 0.6) is 0 Å². The molecule has 0 amide bonds. The quantitative estimate of drug-likeness (QED) is 0.345. The number of ether oxygens (including phenoxy) is 1. The molecule has 11 heteroatoms. The Hall–Kier alpha value is -3.50. The third-order valence-electron chi connectivity index (χ3n) is 5.96. The number of hydrogen-bond donors (Lipinski definition) is 4. The normalized spacial score (nSPS) is 26.3. The Bertz CT molecular complexity index is 878. The van der Waals surface area contributed by atoms with Crippen molar-refractivity contribution >= 4 is 35.8 Å². The molecule has 0 aromatic rings. The van der Waals surface area contributed by atoms with Crippen LogP contribution in [0.3, 0.4) is 0 Å². The second-order valence-corrected chi connectivity index (χ2v) is 7.98. The Morgan fingerprint density at radius 2 is 1.00 bits per heavy atom. The van der Waals surface area contributed by atoms with Crippen LogP contribution in [0.4, 0.5) is 0 Å². The van der Waals surface area contributed by atoms with Gasteiger partial charge in [-0.25, -0.2) is 19.2 Å². The van der Waals surface area contributed by atoms with Crippen molar-refractivity contribution in [3.05, 3.63) is 22.3 Å². The first-order valence-corrected chi connectivity index (χ1v) is 9.44. The van der Waals surface area contributed by atoms with E-state index in [0.29, 0.717) is 0 Å². The zero-order chi connectivity index (χ0) is 23.7. The highest BCUT2D eigenvalue weighted by atomic mass is 16.6. The van der Waals surface area contributed by atoms with E-state index in [-0.39, 0.29) is 38.5 Å². The van der Waals surface area contributed by atoms with Crippen LogP contribution in [0, 0.1) is 10.8 Å². The topological polar surface area (TPSA) is 193 Å². The molecule has 11 nitrogen and oxygen atoms in total. The first-order chi connectivity index (χ1) is 14.3. The zero-order valence-corrected chi connectivity index (χ0v) is 16.9. The largest absolute Gasteiger partial charge is 0.481 e. The molecule has 2 aliphatic carbocycles. The summed E-state index contributed by atoms with van der Waals surface area (Å²) in [5, 5.41) is 37.9. The minimum Gasteiger partial charge on any atom is -0.481 e. The summed E-state index contributed by atoms with van der Waals surface area (Å²) in [6.45, 7) is 2.30. The second-order valence-electron chi connectivity index (χ2n) is 7.98. The van der Waals surface area contributed by atoms with Crippen molar-refractivity contribution < 1.29 is 53.9 Å². The first kappa shape index (κ1) is 23.8. The average molecular weight is 438 g/mol. The van der Waals surface area contributed by atoms with E-state index >= 15 is 0 Å². The number of carboxylic acids is 4. The maximum Gasteiger partial charge on any atom is 0.342 e. The van der Waals surface area contributed by atoms with Crippen LogP contribution in [0.25, 0.3) is 0 Å². The van der Waals surface area contributed by atoms with E-state index in [4.69, 9.17) is 4.74 Å². The van der Waals surface area contributed by atoms with E-state index in [1.165, 1.54) is 0 Å². The van der Waals surface area contributed by atoms with Gasteiger partial charge in [0.2, 0.25) is 0 Å². The minimum absolute atomic E-state index is 0.0417. The van der Waals surface area contributed by atoms with Crippen LogP contribution in [0.15, 0.2) is 22.3 Å². The van der Waals surface area contributed by atoms with E-state index < -0.39 is 68.9 Å². The number of carbonyl (C=O) groups is 6. The molecule has 0 aromatic heterocycles. The number of rotatable bonds is 6. The molecule has 0 radical (unpaired) electrons. The smallest absolute Gasteiger partial charge is 0.342 e. The van der Waals surface area contributed by atoms with Crippen LogP contribution >= 0.6 is 0 Å². The van der Waals surface area contributed by atoms with Gasteiger partial charge in [0.15, 0.2) is 0 Å². The van der Waals surface area contributed by atoms with Crippen LogP contribution < -0.4 is 0 Å². The third-order valence-corrected chi connectivity index (χ3v) is 5.96. The van der Waals surface area contributed by atoms with Crippen molar-refractivity contribution in [2.24, 2.45) is 10.8 Å². The molecule has 0 bridgehead atoms. The van der Waals surface area contributed by atoms with Gasteiger partial charge in [-0.05, 0) is 52.4 Å². The van der Waals surface area contributed by atoms with Gasteiger partial charge in [-0.1, -0.05) is 0 Å². The van der Waals surface area contributed by atoms with Gasteiger partial charge in [-0.15, -0.1) is 0 Å². The molecule has 2 rings (SSSR count). The highest BCUT2D eigenvalue weighted by Crippen LogP contribution is 2.43. The van der Waals surface area contributed by atoms with Crippen LogP contribution in [-0.2, 0) is 33.5 Å². The Balaban J connectivity index is 2.50. The van der Waals surface area contributed by atoms with Crippen molar-refractivity contribution in [1.29, 1.82) is 0 Å². The molecule has 31 heavy (non-hydrogen) atoms. The molecule has 0 aromatic carbocycles. The van der Waals surface area contributed by atoms with Crippen molar-refractivity contribution in [3.8, 4) is 0 Å². The molecule has 0 spiro atoms. The standard InChI is InChI=1S/C20H22O11/c1-19(17(27)28)7-3-5-9(11(19)13(21)22)15(25)31-16(26)10-6-4-8-20(2,18(29)30)12(10)14(23)24/h3-8H2,1-2H3,(H,21,22)(H,23,24)(H,27,28)(H,29,30). The van der Waals surface area contributed by atoms with Crippen LogP contribution in [-0.4, -0.2) is 56.2 Å². The van der Waals surface area contributed by atoms with E-state index in [2.05, 4.69) is 0 Å². The van der Waals surface area contributed by atoms with Crippen molar-refractivity contribution in [3.63, 3.8) is 0 Å². The summed E-state index contributed by atoms with van der Waals surface area (Å²) in [5.41, 5.74) is -6.14.